The molecule has 2 aliphatic rings. The summed E-state index contributed by atoms with van der Waals surface area (Å²) in [6, 6.07) is 8.79. The number of guanidine groups is 1. The summed E-state index contributed by atoms with van der Waals surface area (Å²) in [5.74, 6) is 1.35. The van der Waals surface area contributed by atoms with Crippen molar-refractivity contribution in [2.45, 2.75) is 51.1 Å². The second-order valence-corrected chi connectivity index (χ2v) is 7.51. The van der Waals surface area contributed by atoms with E-state index in [2.05, 4.69) is 21.7 Å². The topological polar surface area (TPSA) is 66.0 Å². The van der Waals surface area contributed by atoms with Gasteiger partial charge in [0.2, 0.25) is 0 Å². The van der Waals surface area contributed by atoms with Crippen molar-refractivity contribution in [3.8, 4) is 0 Å². The number of nitrogens with zero attached hydrogens (tertiary/aromatic N) is 2. The highest BCUT2D eigenvalue weighted by Crippen LogP contribution is 2.41. The minimum atomic E-state index is -0.209. The Bertz CT molecular complexity index is 680. The molecule has 0 bridgehead atoms. The van der Waals surface area contributed by atoms with Gasteiger partial charge in [-0.25, -0.2) is 4.79 Å². The summed E-state index contributed by atoms with van der Waals surface area (Å²) in [4.78, 5) is 18.2. The summed E-state index contributed by atoms with van der Waals surface area (Å²) in [6.07, 6.45) is 2.67. The molecule has 1 heterocycles. The Hall–Kier alpha value is -1.22. The number of ether oxygens (including phenoxy) is 1. The summed E-state index contributed by atoms with van der Waals surface area (Å²) in [5.41, 5.74) is 1.28. The molecule has 156 valence electrons. The van der Waals surface area contributed by atoms with E-state index >= 15 is 0 Å². The van der Waals surface area contributed by atoms with Gasteiger partial charge in [-0.1, -0.05) is 23.7 Å². The Kier molecular flexibility index (Phi) is 9.14. The zero-order valence-corrected chi connectivity index (χ0v) is 19.6. The maximum atomic E-state index is 11.8. The number of benzene rings is 1. The van der Waals surface area contributed by atoms with Crippen LogP contribution in [0.3, 0.4) is 0 Å². The molecule has 1 amide bonds. The first-order chi connectivity index (χ1) is 13.1. The van der Waals surface area contributed by atoms with Crippen LogP contribution in [0.1, 0.15) is 44.6 Å². The number of piperidine rings is 1. The van der Waals surface area contributed by atoms with Crippen LogP contribution in [0.4, 0.5) is 4.79 Å². The maximum Gasteiger partial charge on any atom is 0.409 e. The molecule has 0 aromatic heterocycles. The van der Waals surface area contributed by atoms with Gasteiger partial charge in [-0.3, -0.25) is 4.99 Å². The minimum Gasteiger partial charge on any atom is -0.450 e. The van der Waals surface area contributed by atoms with Crippen LogP contribution < -0.4 is 10.6 Å². The van der Waals surface area contributed by atoms with Crippen molar-refractivity contribution in [3.05, 3.63) is 34.9 Å². The molecule has 1 aliphatic heterocycles. The van der Waals surface area contributed by atoms with E-state index in [-0.39, 0.29) is 30.1 Å². The molecule has 1 saturated heterocycles. The van der Waals surface area contributed by atoms with Crippen molar-refractivity contribution in [1.29, 1.82) is 0 Å². The van der Waals surface area contributed by atoms with Gasteiger partial charge in [0, 0.05) is 42.7 Å². The molecule has 3 rings (SSSR count). The SMILES string of the molecule is CCN=C(NC1CCN(C(=O)OCC)CC1)NC1CC1c1cccc(Cl)c1.I. The molecular formula is C20H30ClIN4O2. The van der Waals surface area contributed by atoms with Gasteiger partial charge in [-0.15, -0.1) is 24.0 Å². The number of hydrogen-bond donors (Lipinski definition) is 2. The number of rotatable bonds is 5. The Labute approximate surface area is 189 Å². The lowest BCUT2D eigenvalue weighted by molar-refractivity contribution is 0.0963. The summed E-state index contributed by atoms with van der Waals surface area (Å²) >= 11 is 6.11. The van der Waals surface area contributed by atoms with Crippen LogP contribution in [-0.2, 0) is 4.74 Å². The van der Waals surface area contributed by atoms with E-state index in [0.717, 1.165) is 36.8 Å². The van der Waals surface area contributed by atoms with Crippen LogP contribution >= 0.6 is 35.6 Å². The van der Waals surface area contributed by atoms with Gasteiger partial charge in [0.05, 0.1) is 6.61 Å². The highest BCUT2D eigenvalue weighted by atomic mass is 127. The summed E-state index contributed by atoms with van der Waals surface area (Å²) in [5, 5.41) is 7.87. The third-order valence-electron chi connectivity index (χ3n) is 5.07. The molecule has 1 aliphatic carbocycles. The Morgan fingerprint density at radius 2 is 2.04 bits per heavy atom. The number of carbonyl (C=O) groups is 1. The Balaban J connectivity index is 0.00000280. The van der Waals surface area contributed by atoms with E-state index in [9.17, 15) is 4.79 Å². The first-order valence-electron chi connectivity index (χ1n) is 9.85. The predicted octanol–water partition coefficient (Wildman–Crippen LogP) is 3.99. The number of amides is 1. The van der Waals surface area contributed by atoms with Gasteiger partial charge >= 0.3 is 6.09 Å². The molecular weight excluding hydrogens is 491 g/mol. The number of halogens is 2. The zero-order valence-electron chi connectivity index (χ0n) is 16.5. The molecule has 0 radical (unpaired) electrons. The number of aliphatic imine (C=N–C) groups is 1. The van der Waals surface area contributed by atoms with Gasteiger partial charge in [0.25, 0.3) is 0 Å². The molecule has 1 aromatic carbocycles. The van der Waals surface area contributed by atoms with E-state index in [1.807, 2.05) is 32.0 Å². The fourth-order valence-corrected chi connectivity index (χ4v) is 3.74. The zero-order chi connectivity index (χ0) is 19.2. The van der Waals surface area contributed by atoms with E-state index in [1.54, 1.807) is 4.90 Å². The largest absolute Gasteiger partial charge is 0.450 e. The maximum absolute atomic E-state index is 11.8. The van der Waals surface area contributed by atoms with E-state index in [4.69, 9.17) is 16.3 Å². The average molecular weight is 521 g/mol. The van der Waals surface area contributed by atoms with Crippen molar-refractivity contribution in [1.82, 2.24) is 15.5 Å². The molecule has 2 fully saturated rings. The van der Waals surface area contributed by atoms with Crippen molar-refractivity contribution in [2.24, 2.45) is 4.99 Å². The third kappa shape index (κ3) is 6.40. The number of likely N-dealkylation sites (tertiary alicyclic amines) is 1. The molecule has 1 aromatic rings. The second kappa shape index (κ2) is 11.1. The van der Waals surface area contributed by atoms with Gasteiger partial charge in [0.15, 0.2) is 5.96 Å². The normalized spacial score (nSPS) is 22.2. The second-order valence-electron chi connectivity index (χ2n) is 7.08. The number of carbonyl (C=O) groups excluding carboxylic acids is 1. The van der Waals surface area contributed by atoms with E-state index < -0.39 is 0 Å². The summed E-state index contributed by atoms with van der Waals surface area (Å²) < 4.78 is 5.08. The van der Waals surface area contributed by atoms with Crippen molar-refractivity contribution >= 4 is 47.6 Å². The fraction of sp³-hybridized carbons (Fsp3) is 0.600. The lowest BCUT2D eigenvalue weighted by Crippen LogP contribution is -2.50. The molecule has 1 saturated carbocycles. The van der Waals surface area contributed by atoms with Crippen LogP contribution in [0.5, 0.6) is 0 Å². The molecule has 0 spiro atoms. The highest BCUT2D eigenvalue weighted by molar-refractivity contribution is 14.0. The van der Waals surface area contributed by atoms with Crippen LogP contribution in [0.2, 0.25) is 5.02 Å². The standard InChI is InChI=1S/C20H29ClN4O2.HI/c1-3-22-19(23-16-8-10-25(11-9-16)20(26)27-4-2)24-18-13-17(18)14-6-5-7-15(21)12-14;/h5-7,12,16-18H,3-4,8-11,13H2,1-2H3,(H2,22,23,24);1H. The van der Waals surface area contributed by atoms with Crippen molar-refractivity contribution in [2.75, 3.05) is 26.2 Å². The molecule has 2 unspecified atom stereocenters. The summed E-state index contributed by atoms with van der Waals surface area (Å²) in [7, 11) is 0. The van der Waals surface area contributed by atoms with Crippen LogP contribution in [0, 0.1) is 0 Å². The fourth-order valence-electron chi connectivity index (χ4n) is 3.54. The lowest BCUT2D eigenvalue weighted by Gasteiger charge is -2.32. The van der Waals surface area contributed by atoms with Crippen molar-refractivity contribution in [3.63, 3.8) is 0 Å². The van der Waals surface area contributed by atoms with Gasteiger partial charge in [0.1, 0.15) is 0 Å². The first-order valence-corrected chi connectivity index (χ1v) is 10.2. The highest BCUT2D eigenvalue weighted by Gasteiger charge is 2.39. The quantitative estimate of drug-likeness (QED) is 0.350. The molecule has 6 nitrogen and oxygen atoms in total. The number of hydrogen-bond acceptors (Lipinski definition) is 3. The monoisotopic (exact) mass is 520 g/mol. The smallest absolute Gasteiger partial charge is 0.409 e. The van der Waals surface area contributed by atoms with Crippen LogP contribution in [0.15, 0.2) is 29.3 Å². The summed E-state index contributed by atoms with van der Waals surface area (Å²) in [6.45, 7) is 6.44. The van der Waals surface area contributed by atoms with Crippen molar-refractivity contribution < 1.29 is 9.53 Å². The van der Waals surface area contributed by atoms with E-state index in [1.165, 1.54) is 5.56 Å². The molecule has 2 atom stereocenters. The predicted molar refractivity (Wildman–Crippen MR) is 124 cm³/mol. The first kappa shape index (κ1) is 23.1. The third-order valence-corrected chi connectivity index (χ3v) is 5.30. The van der Waals surface area contributed by atoms with Gasteiger partial charge in [-0.2, -0.15) is 0 Å². The van der Waals surface area contributed by atoms with E-state index in [0.29, 0.717) is 37.7 Å². The van der Waals surface area contributed by atoms with Gasteiger partial charge < -0.3 is 20.3 Å². The van der Waals surface area contributed by atoms with Gasteiger partial charge in [-0.05, 0) is 50.8 Å². The average Bonchev–Trinajstić information content (AvgIpc) is 3.42. The molecule has 8 heteroatoms. The molecule has 28 heavy (non-hydrogen) atoms. The number of nitrogens with one attached hydrogen (secondary N) is 2. The minimum absolute atomic E-state index is 0. The molecule has 2 N–H and O–H groups in total. The Morgan fingerprint density at radius 1 is 1.29 bits per heavy atom. The van der Waals surface area contributed by atoms with Crippen LogP contribution in [0.25, 0.3) is 0 Å². The van der Waals surface area contributed by atoms with Crippen LogP contribution in [-0.4, -0.2) is 55.3 Å². The Morgan fingerprint density at radius 3 is 2.68 bits per heavy atom. The lowest BCUT2D eigenvalue weighted by atomic mass is 10.1.